The van der Waals surface area contributed by atoms with Crippen molar-refractivity contribution in [2.24, 2.45) is 0 Å². The van der Waals surface area contributed by atoms with Gasteiger partial charge < -0.3 is 10.1 Å². The van der Waals surface area contributed by atoms with Gasteiger partial charge in [0, 0.05) is 23.2 Å². The molecule has 2 rings (SSSR count). The van der Waals surface area contributed by atoms with Gasteiger partial charge in [0.05, 0.1) is 6.10 Å². The molecule has 0 saturated heterocycles. The van der Waals surface area contributed by atoms with Crippen molar-refractivity contribution in [3.05, 3.63) is 46.2 Å². The summed E-state index contributed by atoms with van der Waals surface area (Å²) in [5.41, 5.74) is 2.46. The fourth-order valence-corrected chi connectivity index (χ4v) is 2.61. The Morgan fingerprint density at radius 3 is 2.84 bits per heavy atom. The van der Waals surface area contributed by atoms with Crippen molar-refractivity contribution in [3.8, 4) is 5.75 Å². The zero-order chi connectivity index (χ0) is 13.7. The van der Waals surface area contributed by atoms with Crippen molar-refractivity contribution in [1.29, 1.82) is 0 Å². The first-order valence-corrected chi connectivity index (χ1v) is 7.60. The highest BCUT2D eigenvalue weighted by molar-refractivity contribution is 7.10. The molecule has 1 aromatic heterocycles. The van der Waals surface area contributed by atoms with Crippen molar-refractivity contribution in [3.63, 3.8) is 0 Å². The third-order valence-electron chi connectivity index (χ3n) is 3.17. The molecule has 0 aliphatic heterocycles. The van der Waals surface area contributed by atoms with Crippen LogP contribution in [0.15, 0.2) is 35.7 Å². The van der Waals surface area contributed by atoms with E-state index in [0.717, 1.165) is 24.4 Å². The fourth-order valence-electron chi connectivity index (χ4n) is 1.76. The highest BCUT2D eigenvalue weighted by Crippen LogP contribution is 2.21. The zero-order valence-electron chi connectivity index (χ0n) is 11.8. The van der Waals surface area contributed by atoms with E-state index in [9.17, 15) is 0 Å². The van der Waals surface area contributed by atoms with Gasteiger partial charge in [0.2, 0.25) is 0 Å². The van der Waals surface area contributed by atoms with Gasteiger partial charge in [-0.15, -0.1) is 11.3 Å². The maximum absolute atomic E-state index is 5.83. The Bertz CT molecular complexity index is 521. The van der Waals surface area contributed by atoms with Gasteiger partial charge in [-0.1, -0.05) is 13.0 Å². The van der Waals surface area contributed by atoms with E-state index >= 15 is 0 Å². The second-order valence-corrected chi connectivity index (χ2v) is 5.75. The summed E-state index contributed by atoms with van der Waals surface area (Å²) in [4.78, 5) is 1.38. The Balaban J connectivity index is 1.97. The van der Waals surface area contributed by atoms with E-state index in [1.165, 1.54) is 10.4 Å². The molecular weight excluding hydrogens is 254 g/mol. The lowest BCUT2D eigenvalue weighted by atomic mass is 10.2. The molecule has 0 saturated carbocycles. The first kappa shape index (κ1) is 13.9. The zero-order valence-corrected chi connectivity index (χ0v) is 12.6. The minimum absolute atomic E-state index is 0.259. The number of anilines is 1. The highest BCUT2D eigenvalue weighted by atomic mass is 32.1. The molecule has 0 aliphatic carbocycles. The molecular formula is C16H21NOS. The van der Waals surface area contributed by atoms with Crippen LogP contribution in [0.1, 0.15) is 30.7 Å². The number of rotatable bonds is 6. The summed E-state index contributed by atoms with van der Waals surface area (Å²) < 4.78 is 5.83. The average Bonchev–Trinajstić information content (AvgIpc) is 2.82. The van der Waals surface area contributed by atoms with Gasteiger partial charge in [0.1, 0.15) is 5.75 Å². The summed E-state index contributed by atoms with van der Waals surface area (Å²) in [5.74, 6) is 0.933. The largest absolute Gasteiger partial charge is 0.491 e. The molecule has 1 heterocycles. The minimum Gasteiger partial charge on any atom is -0.491 e. The van der Waals surface area contributed by atoms with Crippen molar-refractivity contribution < 1.29 is 4.74 Å². The number of benzene rings is 1. The normalized spacial score (nSPS) is 12.2. The molecule has 1 aromatic carbocycles. The Morgan fingerprint density at radius 1 is 1.32 bits per heavy atom. The Kier molecular flexibility index (Phi) is 4.86. The predicted molar refractivity (Wildman–Crippen MR) is 83.2 cm³/mol. The second-order valence-electron chi connectivity index (χ2n) is 4.74. The van der Waals surface area contributed by atoms with E-state index < -0.39 is 0 Å². The molecule has 0 spiro atoms. The van der Waals surface area contributed by atoms with Crippen LogP contribution in [0.5, 0.6) is 5.75 Å². The number of thiophene rings is 1. The number of hydrogen-bond donors (Lipinski definition) is 1. The van der Waals surface area contributed by atoms with Gasteiger partial charge in [-0.25, -0.2) is 0 Å². The lowest BCUT2D eigenvalue weighted by Crippen LogP contribution is -2.09. The van der Waals surface area contributed by atoms with Crippen LogP contribution >= 0.6 is 11.3 Å². The quantitative estimate of drug-likeness (QED) is 0.814. The lowest BCUT2D eigenvalue weighted by Gasteiger charge is -2.14. The van der Waals surface area contributed by atoms with Gasteiger partial charge in [-0.3, -0.25) is 0 Å². The van der Waals surface area contributed by atoms with Gasteiger partial charge in [0.25, 0.3) is 0 Å². The smallest absolute Gasteiger partial charge is 0.121 e. The predicted octanol–water partition coefficient (Wildman–Crippen LogP) is 4.85. The summed E-state index contributed by atoms with van der Waals surface area (Å²) >= 11 is 1.79. The molecule has 2 aromatic rings. The molecule has 2 nitrogen and oxygen atoms in total. The molecule has 0 amide bonds. The van der Waals surface area contributed by atoms with Gasteiger partial charge in [0.15, 0.2) is 0 Å². The second kappa shape index (κ2) is 6.62. The molecule has 1 atom stereocenters. The lowest BCUT2D eigenvalue weighted by molar-refractivity contribution is 0.217. The van der Waals surface area contributed by atoms with Gasteiger partial charge in [-0.2, -0.15) is 0 Å². The Hall–Kier alpha value is -1.48. The number of ether oxygens (including phenoxy) is 1. The van der Waals surface area contributed by atoms with Gasteiger partial charge >= 0.3 is 0 Å². The summed E-state index contributed by atoms with van der Waals surface area (Å²) in [6.07, 6.45) is 1.28. The van der Waals surface area contributed by atoms with E-state index in [1.807, 2.05) is 12.1 Å². The first-order valence-electron chi connectivity index (χ1n) is 6.72. The van der Waals surface area contributed by atoms with E-state index in [0.29, 0.717) is 0 Å². The highest BCUT2D eigenvalue weighted by Gasteiger charge is 2.03. The van der Waals surface area contributed by atoms with Crippen LogP contribution in [0.25, 0.3) is 0 Å². The molecule has 1 unspecified atom stereocenters. The van der Waals surface area contributed by atoms with Crippen molar-refractivity contribution in [2.45, 2.75) is 39.8 Å². The topological polar surface area (TPSA) is 21.3 Å². The van der Waals surface area contributed by atoms with E-state index in [-0.39, 0.29) is 6.10 Å². The van der Waals surface area contributed by atoms with Crippen LogP contribution in [0, 0.1) is 6.92 Å². The minimum atomic E-state index is 0.259. The van der Waals surface area contributed by atoms with Crippen LogP contribution < -0.4 is 10.1 Å². The van der Waals surface area contributed by atoms with Crippen LogP contribution in [0.2, 0.25) is 0 Å². The first-order chi connectivity index (χ1) is 9.19. The van der Waals surface area contributed by atoms with Crippen LogP contribution in [0.3, 0.4) is 0 Å². The maximum atomic E-state index is 5.83. The van der Waals surface area contributed by atoms with E-state index in [1.54, 1.807) is 11.3 Å². The van der Waals surface area contributed by atoms with Crippen LogP contribution in [0.4, 0.5) is 5.69 Å². The number of aryl methyl sites for hydroxylation is 1. The monoisotopic (exact) mass is 275 g/mol. The third kappa shape index (κ3) is 4.00. The Morgan fingerprint density at radius 2 is 2.16 bits per heavy atom. The van der Waals surface area contributed by atoms with Crippen molar-refractivity contribution >= 4 is 17.0 Å². The maximum Gasteiger partial charge on any atom is 0.121 e. The Labute approximate surface area is 119 Å². The molecule has 3 heteroatoms. The third-order valence-corrected chi connectivity index (χ3v) is 4.19. The standard InChI is InChI=1S/C16H21NOS/c1-4-13(3)18-15-7-5-6-14(10-15)17-11-16-12(2)8-9-19-16/h5-10,13,17H,4,11H2,1-3H3. The molecule has 0 aliphatic rings. The molecule has 0 bridgehead atoms. The number of hydrogen-bond acceptors (Lipinski definition) is 3. The van der Waals surface area contributed by atoms with Gasteiger partial charge in [-0.05, 0) is 49.4 Å². The van der Waals surface area contributed by atoms with Crippen molar-refractivity contribution in [1.82, 2.24) is 0 Å². The van der Waals surface area contributed by atoms with E-state index in [2.05, 4.69) is 49.7 Å². The summed E-state index contributed by atoms with van der Waals surface area (Å²) in [5, 5.41) is 5.58. The number of nitrogens with one attached hydrogen (secondary N) is 1. The summed E-state index contributed by atoms with van der Waals surface area (Å²) in [6.45, 7) is 7.24. The molecule has 0 fully saturated rings. The molecule has 0 radical (unpaired) electrons. The molecule has 19 heavy (non-hydrogen) atoms. The van der Waals surface area contributed by atoms with Crippen LogP contribution in [-0.2, 0) is 6.54 Å². The van der Waals surface area contributed by atoms with E-state index in [4.69, 9.17) is 4.74 Å². The van der Waals surface area contributed by atoms with Crippen molar-refractivity contribution in [2.75, 3.05) is 5.32 Å². The fraction of sp³-hybridized carbons (Fsp3) is 0.375. The van der Waals surface area contributed by atoms with Crippen LogP contribution in [-0.4, -0.2) is 6.10 Å². The average molecular weight is 275 g/mol. The summed E-state index contributed by atoms with van der Waals surface area (Å²) in [6, 6.07) is 10.3. The SMILES string of the molecule is CCC(C)Oc1cccc(NCc2sccc2C)c1. The molecule has 102 valence electrons. The summed E-state index contributed by atoms with van der Waals surface area (Å²) in [7, 11) is 0. The molecule has 1 N–H and O–H groups in total.